The van der Waals surface area contributed by atoms with Gasteiger partial charge >= 0.3 is 11.9 Å². The Bertz CT molecular complexity index is 863. The Morgan fingerprint density at radius 2 is 0.944 bits per heavy atom. The van der Waals surface area contributed by atoms with Crippen LogP contribution in [0, 0.1) is 0 Å². The molecule has 1 amide bonds. The van der Waals surface area contributed by atoms with Crippen LogP contribution in [-0.4, -0.2) is 41.6 Å². The van der Waals surface area contributed by atoms with E-state index in [-0.39, 0.29) is 18.0 Å². The summed E-state index contributed by atoms with van der Waals surface area (Å²) in [6, 6.07) is -0.867. The second-order valence-electron chi connectivity index (χ2n) is 16.2. The van der Waals surface area contributed by atoms with Crippen LogP contribution in [0.2, 0.25) is 0 Å². The molecule has 0 saturated heterocycles. The summed E-state index contributed by atoms with van der Waals surface area (Å²) in [4.78, 5) is 36.3. The van der Waals surface area contributed by atoms with Gasteiger partial charge in [0.2, 0.25) is 5.91 Å². The molecular formula is C47H90N2O5. The van der Waals surface area contributed by atoms with Gasteiger partial charge in [-0.2, -0.15) is 0 Å². The molecule has 0 aliphatic heterocycles. The highest BCUT2D eigenvalue weighted by Gasteiger charge is 2.19. The van der Waals surface area contributed by atoms with Gasteiger partial charge in [0.05, 0.1) is 0 Å². The minimum absolute atomic E-state index is 0.0848. The van der Waals surface area contributed by atoms with Crippen molar-refractivity contribution in [2.24, 2.45) is 5.73 Å². The number of allylic oxidation sites excluding steroid dienone is 1. The number of rotatable bonds is 43. The summed E-state index contributed by atoms with van der Waals surface area (Å²) in [5.41, 5.74) is 5.48. The maximum absolute atomic E-state index is 12.7. The summed E-state index contributed by atoms with van der Waals surface area (Å²) in [5, 5.41) is 11.9. The first-order chi connectivity index (χ1) is 26.4. The lowest BCUT2D eigenvalue weighted by molar-refractivity contribution is -0.147. The fraction of sp³-hybridized carbons (Fsp3) is 0.894. The number of aliphatic carboxylic acids is 1. The predicted molar refractivity (Wildman–Crippen MR) is 230 cm³/mol. The summed E-state index contributed by atoms with van der Waals surface area (Å²) in [7, 11) is 0. The number of carbonyl (C=O) groups excluding carboxylic acids is 2. The molecule has 0 aromatic heterocycles. The third-order valence-corrected chi connectivity index (χ3v) is 10.8. The van der Waals surface area contributed by atoms with Crippen LogP contribution in [0.3, 0.4) is 0 Å². The number of ether oxygens (including phenoxy) is 1. The first kappa shape index (κ1) is 52.1. The largest absolute Gasteiger partial charge is 0.480 e. The Balaban J connectivity index is 3.94. The van der Waals surface area contributed by atoms with Gasteiger partial charge in [-0.1, -0.05) is 193 Å². The molecule has 54 heavy (non-hydrogen) atoms. The number of unbranched alkanes of at least 4 members (excludes halogenated alkanes) is 29. The van der Waals surface area contributed by atoms with Gasteiger partial charge in [0.25, 0.3) is 0 Å². The van der Waals surface area contributed by atoms with Crippen LogP contribution in [0.15, 0.2) is 12.2 Å². The van der Waals surface area contributed by atoms with Crippen LogP contribution in [0.25, 0.3) is 0 Å². The van der Waals surface area contributed by atoms with Crippen molar-refractivity contribution in [3.63, 3.8) is 0 Å². The average molecular weight is 763 g/mol. The first-order valence-electron chi connectivity index (χ1n) is 23.5. The Hall–Kier alpha value is -1.89. The van der Waals surface area contributed by atoms with Crippen LogP contribution in [-0.2, 0) is 19.1 Å². The number of esters is 1. The Labute approximate surface area is 334 Å². The van der Waals surface area contributed by atoms with Crippen molar-refractivity contribution in [3.8, 4) is 0 Å². The van der Waals surface area contributed by atoms with Gasteiger partial charge in [-0.15, -0.1) is 0 Å². The number of nitrogens with one attached hydrogen (secondary N) is 1. The lowest BCUT2D eigenvalue weighted by Gasteiger charge is -2.15. The highest BCUT2D eigenvalue weighted by Crippen LogP contribution is 2.17. The predicted octanol–water partition coefficient (Wildman–Crippen LogP) is 13.5. The summed E-state index contributed by atoms with van der Waals surface area (Å²) < 4.78 is 5.92. The molecule has 0 bridgehead atoms. The molecule has 0 spiro atoms. The second kappa shape index (κ2) is 42.3. The standard InChI is InChI=1S/C47H90N2O5/c1-3-5-7-9-11-12-13-14-15-16-17-18-19-20-21-22-23-24-25-26-27-29-35-41-46(51)54-43(37-32-28-10-8-6-4-2)38-33-30-31-34-40-45(50)49-44(47(52)53)39-36-42-48/h32,37,43-44H,3-31,33-36,38-42,48H2,1-2H3,(H,49,50)(H,52,53)/b37-32-. The summed E-state index contributed by atoms with van der Waals surface area (Å²) in [6.45, 7) is 4.92. The Morgan fingerprint density at radius 3 is 1.39 bits per heavy atom. The van der Waals surface area contributed by atoms with Crippen molar-refractivity contribution in [2.45, 2.75) is 264 Å². The SMILES string of the molecule is CCCCCC/C=C\C(CCCCCCC(=O)NC(CCCN)C(=O)O)OC(=O)CCCCCCCCCCCCCCCCCCCCCCCCC. The molecule has 318 valence electrons. The molecule has 0 saturated carbocycles. The van der Waals surface area contributed by atoms with Crippen LogP contribution in [0.4, 0.5) is 0 Å². The van der Waals surface area contributed by atoms with E-state index in [0.29, 0.717) is 38.6 Å². The normalized spacial score (nSPS) is 12.6. The highest BCUT2D eigenvalue weighted by molar-refractivity contribution is 5.83. The number of amides is 1. The van der Waals surface area contributed by atoms with Crippen LogP contribution in [0.5, 0.6) is 0 Å². The second-order valence-corrected chi connectivity index (χ2v) is 16.2. The van der Waals surface area contributed by atoms with Crippen molar-refractivity contribution < 1.29 is 24.2 Å². The van der Waals surface area contributed by atoms with Crippen LogP contribution in [0.1, 0.15) is 251 Å². The number of carbonyl (C=O) groups is 3. The topological polar surface area (TPSA) is 119 Å². The summed E-state index contributed by atoms with van der Waals surface area (Å²) in [5.74, 6) is -1.32. The minimum atomic E-state index is -1.01. The highest BCUT2D eigenvalue weighted by atomic mass is 16.5. The summed E-state index contributed by atoms with van der Waals surface area (Å²) in [6.07, 6.45) is 47.3. The number of hydrogen-bond donors (Lipinski definition) is 3. The molecule has 7 nitrogen and oxygen atoms in total. The quantitative estimate of drug-likeness (QED) is 0.0323. The lowest BCUT2D eigenvalue weighted by Crippen LogP contribution is -2.40. The summed E-state index contributed by atoms with van der Waals surface area (Å²) >= 11 is 0. The van der Waals surface area contributed by atoms with Crippen LogP contribution >= 0.6 is 0 Å². The molecule has 0 heterocycles. The van der Waals surface area contributed by atoms with Gasteiger partial charge < -0.3 is 20.9 Å². The van der Waals surface area contributed by atoms with Gasteiger partial charge in [0.15, 0.2) is 0 Å². The van der Waals surface area contributed by atoms with E-state index in [9.17, 15) is 19.5 Å². The minimum Gasteiger partial charge on any atom is -0.480 e. The molecule has 4 N–H and O–H groups in total. The third kappa shape index (κ3) is 38.4. The molecule has 2 atom stereocenters. The molecule has 0 aliphatic rings. The van der Waals surface area contributed by atoms with Crippen molar-refractivity contribution in [2.75, 3.05) is 6.54 Å². The average Bonchev–Trinajstić information content (AvgIpc) is 3.16. The van der Waals surface area contributed by atoms with E-state index in [1.54, 1.807) is 0 Å². The molecule has 0 fully saturated rings. The van der Waals surface area contributed by atoms with Crippen molar-refractivity contribution in [1.82, 2.24) is 5.32 Å². The maximum Gasteiger partial charge on any atom is 0.326 e. The van der Waals surface area contributed by atoms with E-state index in [1.807, 2.05) is 0 Å². The van der Waals surface area contributed by atoms with Gasteiger partial charge in [0.1, 0.15) is 12.1 Å². The smallest absolute Gasteiger partial charge is 0.326 e. The molecule has 2 unspecified atom stereocenters. The monoisotopic (exact) mass is 763 g/mol. The lowest BCUT2D eigenvalue weighted by atomic mass is 10.0. The fourth-order valence-electron chi connectivity index (χ4n) is 7.24. The molecule has 7 heteroatoms. The van der Waals surface area contributed by atoms with E-state index in [0.717, 1.165) is 44.9 Å². The number of hydrogen-bond acceptors (Lipinski definition) is 5. The van der Waals surface area contributed by atoms with Gasteiger partial charge in [-0.25, -0.2) is 4.79 Å². The van der Waals surface area contributed by atoms with Gasteiger partial charge in [-0.05, 0) is 64.0 Å². The van der Waals surface area contributed by atoms with E-state index in [4.69, 9.17) is 10.5 Å². The van der Waals surface area contributed by atoms with Crippen LogP contribution < -0.4 is 11.1 Å². The van der Waals surface area contributed by atoms with Gasteiger partial charge in [-0.3, -0.25) is 9.59 Å². The van der Waals surface area contributed by atoms with E-state index in [2.05, 4.69) is 31.3 Å². The molecule has 0 aromatic rings. The van der Waals surface area contributed by atoms with Crippen molar-refractivity contribution in [3.05, 3.63) is 12.2 Å². The molecule has 0 aromatic carbocycles. The Morgan fingerprint density at radius 1 is 0.537 bits per heavy atom. The van der Waals surface area contributed by atoms with Crippen molar-refractivity contribution in [1.29, 1.82) is 0 Å². The molecule has 0 rings (SSSR count). The molecule has 0 radical (unpaired) electrons. The van der Waals surface area contributed by atoms with Gasteiger partial charge in [0, 0.05) is 12.8 Å². The zero-order valence-corrected chi connectivity index (χ0v) is 35.8. The first-order valence-corrected chi connectivity index (χ1v) is 23.5. The van der Waals surface area contributed by atoms with Crippen molar-refractivity contribution >= 4 is 17.8 Å². The number of carboxylic acids is 1. The van der Waals surface area contributed by atoms with E-state index in [1.165, 1.54) is 161 Å². The van der Waals surface area contributed by atoms with E-state index >= 15 is 0 Å². The zero-order valence-electron chi connectivity index (χ0n) is 35.8. The zero-order chi connectivity index (χ0) is 39.6. The number of carboxylic acid groups (broad SMARTS) is 1. The Kier molecular flexibility index (Phi) is 40.8. The van der Waals surface area contributed by atoms with E-state index < -0.39 is 12.0 Å². The third-order valence-electron chi connectivity index (χ3n) is 10.8. The molecule has 0 aliphatic carbocycles. The molecular weight excluding hydrogens is 673 g/mol. The fourth-order valence-corrected chi connectivity index (χ4v) is 7.24. The maximum atomic E-state index is 12.7. The number of nitrogens with two attached hydrogens (primary N) is 1.